The molecular weight excluding hydrogens is 392 g/mol. The zero-order chi connectivity index (χ0) is 22.5. The summed E-state index contributed by atoms with van der Waals surface area (Å²) in [6.45, 7) is 3.94. The highest BCUT2D eigenvalue weighted by atomic mass is 16.5. The molecule has 0 saturated heterocycles. The maximum atomic E-state index is 12.7. The van der Waals surface area contributed by atoms with Crippen LogP contribution in [0.15, 0.2) is 48.5 Å². The zero-order valence-corrected chi connectivity index (χ0v) is 18.1. The lowest BCUT2D eigenvalue weighted by Gasteiger charge is -2.10. The summed E-state index contributed by atoms with van der Waals surface area (Å²) in [5.74, 6) is -0.872. The van der Waals surface area contributed by atoms with E-state index in [1.165, 1.54) is 7.11 Å². The molecule has 3 aromatic rings. The van der Waals surface area contributed by atoms with Crippen molar-refractivity contribution in [1.29, 1.82) is 5.26 Å². The molecule has 0 amide bonds. The highest BCUT2D eigenvalue weighted by Crippen LogP contribution is 2.35. The maximum absolute atomic E-state index is 12.7. The Kier molecular flexibility index (Phi) is 6.56. The van der Waals surface area contributed by atoms with Gasteiger partial charge in [0.15, 0.2) is 0 Å². The van der Waals surface area contributed by atoms with E-state index in [1.54, 1.807) is 30.7 Å². The van der Waals surface area contributed by atoms with Crippen molar-refractivity contribution in [2.45, 2.75) is 20.3 Å². The van der Waals surface area contributed by atoms with Crippen molar-refractivity contribution in [2.75, 3.05) is 13.7 Å². The minimum atomic E-state index is -0.462. The highest BCUT2D eigenvalue weighted by molar-refractivity contribution is 5.99. The number of ether oxygens (including phenoxy) is 2. The number of nitrogens with zero attached hydrogens (tertiary/aromatic N) is 2. The average molecular weight is 416 g/mol. The lowest BCUT2D eigenvalue weighted by molar-refractivity contribution is 0.0515. The molecule has 2 aromatic carbocycles. The molecular formula is C25H24N2O4. The number of benzene rings is 2. The molecule has 31 heavy (non-hydrogen) atoms. The largest absolute Gasteiger partial charge is 0.465 e. The third-order valence-corrected chi connectivity index (χ3v) is 5.25. The summed E-state index contributed by atoms with van der Waals surface area (Å²) >= 11 is 0. The number of methoxy groups -OCH3 is 1. The number of carbonyl (C=O) groups excluding carboxylic acids is 2. The Labute approximate surface area is 181 Å². The van der Waals surface area contributed by atoms with Crippen LogP contribution in [0.3, 0.4) is 0 Å². The van der Waals surface area contributed by atoms with Crippen molar-refractivity contribution in [1.82, 2.24) is 4.57 Å². The van der Waals surface area contributed by atoms with Crippen LogP contribution in [0, 0.1) is 11.3 Å². The molecule has 0 fully saturated rings. The van der Waals surface area contributed by atoms with Crippen LogP contribution in [0.5, 0.6) is 0 Å². The monoisotopic (exact) mass is 416 g/mol. The summed E-state index contributed by atoms with van der Waals surface area (Å²) in [7, 11) is 3.12. The summed E-state index contributed by atoms with van der Waals surface area (Å²) in [6.07, 6.45) is 0.608. The van der Waals surface area contributed by atoms with Crippen LogP contribution in [0.25, 0.3) is 22.3 Å². The summed E-state index contributed by atoms with van der Waals surface area (Å²) < 4.78 is 11.9. The van der Waals surface area contributed by atoms with Crippen molar-refractivity contribution >= 4 is 11.9 Å². The van der Waals surface area contributed by atoms with Crippen LogP contribution in [0.4, 0.5) is 0 Å². The van der Waals surface area contributed by atoms with Crippen LogP contribution < -0.4 is 0 Å². The lowest BCUT2D eigenvalue weighted by atomic mass is 9.95. The summed E-state index contributed by atoms with van der Waals surface area (Å²) in [6, 6.07) is 16.9. The van der Waals surface area contributed by atoms with Gasteiger partial charge in [0.1, 0.15) is 11.8 Å². The first-order chi connectivity index (χ1) is 15.0. The molecule has 0 N–H and O–H groups in total. The standard InChI is InChI=1S/C25H24N2O4/c1-5-21-20(15-26)22(23(27(21)3)25(29)31-6-2)17-13-11-16(12-14-17)18-9-7-8-10-19(18)24(28)30-4/h7-14H,5-6H2,1-4H3. The quantitative estimate of drug-likeness (QED) is 0.541. The van der Waals surface area contributed by atoms with Gasteiger partial charge in [0, 0.05) is 18.3 Å². The van der Waals surface area contributed by atoms with E-state index in [4.69, 9.17) is 9.47 Å². The number of hydrogen-bond donors (Lipinski definition) is 0. The summed E-state index contributed by atoms with van der Waals surface area (Å²) in [5, 5.41) is 9.83. The first-order valence-corrected chi connectivity index (χ1v) is 10.0. The molecule has 0 aliphatic carbocycles. The van der Waals surface area contributed by atoms with Gasteiger partial charge in [0.2, 0.25) is 0 Å². The normalized spacial score (nSPS) is 10.4. The predicted molar refractivity (Wildman–Crippen MR) is 118 cm³/mol. The second-order valence-electron chi connectivity index (χ2n) is 6.90. The van der Waals surface area contributed by atoms with Crippen LogP contribution in [0.2, 0.25) is 0 Å². The number of rotatable bonds is 6. The van der Waals surface area contributed by atoms with E-state index in [0.717, 1.165) is 22.4 Å². The molecule has 0 spiro atoms. The van der Waals surface area contributed by atoms with Crippen molar-refractivity contribution in [3.63, 3.8) is 0 Å². The smallest absolute Gasteiger partial charge is 0.355 e. The number of carbonyl (C=O) groups is 2. The van der Waals surface area contributed by atoms with Gasteiger partial charge in [-0.05, 0) is 36.1 Å². The lowest BCUT2D eigenvalue weighted by Crippen LogP contribution is -2.12. The van der Waals surface area contributed by atoms with Crippen LogP contribution >= 0.6 is 0 Å². The fourth-order valence-corrected chi connectivity index (χ4v) is 3.83. The second kappa shape index (κ2) is 9.31. The third kappa shape index (κ3) is 3.95. The zero-order valence-electron chi connectivity index (χ0n) is 18.1. The van der Waals surface area contributed by atoms with Crippen molar-refractivity contribution in [2.24, 2.45) is 7.05 Å². The number of aromatic nitrogens is 1. The van der Waals surface area contributed by atoms with Crippen molar-refractivity contribution < 1.29 is 19.1 Å². The molecule has 0 saturated carbocycles. The van der Waals surface area contributed by atoms with Gasteiger partial charge in [-0.15, -0.1) is 0 Å². The summed E-state index contributed by atoms with van der Waals surface area (Å²) in [4.78, 5) is 24.8. The minimum absolute atomic E-state index is 0.246. The molecule has 1 aromatic heterocycles. The van der Waals surface area contributed by atoms with E-state index >= 15 is 0 Å². The molecule has 0 radical (unpaired) electrons. The maximum Gasteiger partial charge on any atom is 0.355 e. The fraction of sp³-hybridized carbons (Fsp3) is 0.240. The molecule has 6 heteroatoms. The van der Waals surface area contributed by atoms with Crippen molar-refractivity contribution in [3.8, 4) is 28.3 Å². The van der Waals surface area contributed by atoms with E-state index in [9.17, 15) is 14.9 Å². The van der Waals surface area contributed by atoms with E-state index in [-0.39, 0.29) is 6.61 Å². The molecule has 0 unspecified atom stereocenters. The fourth-order valence-electron chi connectivity index (χ4n) is 3.83. The van der Waals surface area contributed by atoms with Crippen LogP contribution in [-0.4, -0.2) is 30.2 Å². The first kappa shape index (κ1) is 21.8. The third-order valence-electron chi connectivity index (χ3n) is 5.25. The van der Waals surface area contributed by atoms with Gasteiger partial charge in [-0.2, -0.15) is 5.26 Å². The molecule has 1 heterocycles. The predicted octanol–water partition coefficient (Wildman–Crippen LogP) is 4.76. The van der Waals surface area contributed by atoms with Gasteiger partial charge in [-0.3, -0.25) is 0 Å². The molecule has 0 aliphatic rings. The Morgan fingerprint density at radius 1 is 1.00 bits per heavy atom. The Morgan fingerprint density at radius 2 is 1.65 bits per heavy atom. The van der Waals surface area contributed by atoms with Gasteiger partial charge in [0.05, 0.1) is 24.8 Å². The van der Waals surface area contributed by atoms with Gasteiger partial charge >= 0.3 is 11.9 Å². The Bertz CT molecular complexity index is 1170. The van der Waals surface area contributed by atoms with E-state index in [0.29, 0.717) is 28.8 Å². The second-order valence-corrected chi connectivity index (χ2v) is 6.90. The topological polar surface area (TPSA) is 81.3 Å². The molecule has 0 aliphatic heterocycles. The Balaban J connectivity index is 2.15. The first-order valence-electron chi connectivity index (χ1n) is 10.0. The Hall–Kier alpha value is -3.85. The van der Waals surface area contributed by atoms with Crippen LogP contribution in [0.1, 0.15) is 46.0 Å². The molecule has 3 rings (SSSR count). The SMILES string of the molecule is CCOC(=O)c1c(-c2ccc(-c3ccccc3C(=O)OC)cc2)c(C#N)c(CC)n1C. The number of esters is 2. The van der Waals surface area contributed by atoms with Gasteiger partial charge in [0.25, 0.3) is 0 Å². The number of hydrogen-bond acceptors (Lipinski definition) is 5. The van der Waals surface area contributed by atoms with Gasteiger partial charge < -0.3 is 14.0 Å². The minimum Gasteiger partial charge on any atom is -0.465 e. The molecule has 6 nitrogen and oxygen atoms in total. The summed E-state index contributed by atoms with van der Waals surface area (Å²) in [5.41, 5.74) is 4.94. The van der Waals surface area contributed by atoms with Gasteiger partial charge in [-0.1, -0.05) is 49.4 Å². The Morgan fingerprint density at radius 3 is 2.23 bits per heavy atom. The highest BCUT2D eigenvalue weighted by Gasteiger charge is 2.27. The van der Waals surface area contributed by atoms with Crippen LogP contribution in [-0.2, 0) is 22.9 Å². The van der Waals surface area contributed by atoms with Gasteiger partial charge in [-0.25, -0.2) is 9.59 Å². The average Bonchev–Trinajstić information content (AvgIpc) is 3.10. The molecule has 0 atom stereocenters. The molecule has 158 valence electrons. The molecule has 0 bridgehead atoms. The van der Waals surface area contributed by atoms with Crippen molar-refractivity contribution in [3.05, 3.63) is 71.0 Å². The van der Waals surface area contributed by atoms with E-state index in [2.05, 4.69) is 6.07 Å². The number of nitriles is 1. The van der Waals surface area contributed by atoms with E-state index in [1.807, 2.05) is 43.3 Å². The van der Waals surface area contributed by atoms with E-state index < -0.39 is 11.9 Å².